The molecule has 0 fully saturated rings. The van der Waals surface area contributed by atoms with Crippen LogP contribution in [0.1, 0.15) is 5.56 Å². The molecular formula is C7H7N5. The molecule has 0 aromatic carbocycles. The Labute approximate surface area is 68.3 Å². The van der Waals surface area contributed by atoms with E-state index in [2.05, 4.69) is 10.2 Å². The van der Waals surface area contributed by atoms with Crippen molar-refractivity contribution >= 4 is 11.5 Å². The minimum atomic E-state index is 0.0421. The van der Waals surface area contributed by atoms with E-state index in [0.717, 1.165) is 0 Å². The molecule has 5 heteroatoms. The number of nitrogens with one attached hydrogen (secondary N) is 1. The van der Waals surface area contributed by atoms with Gasteiger partial charge in [-0.3, -0.25) is 9.81 Å². The SMILES string of the molecule is N=C(N)c1ccn2cnnc2c1. The van der Waals surface area contributed by atoms with Crippen LogP contribution in [0.2, 0.25) is 0 Å². The van der Waals surface area contributed by atoms with Crippen LogP contribution in [0.5, 0.6) is 0 Å². The van der Waals surface area contributed by atoms with Crippen molar-refractivity contribution in [1.82, 2.24) is 14.6 Å². The van der Waals surface area contributed by atoms with Crippen LogP contribution in [0.4, 0.5) is 0 Å². The van der Waals surface area contributed by atoms with Crippen molar-refractivity contribution in [1.29, 1.82) is 5.41 Å². The number of nitrogens with zero attached hydrogens (tertiary/aromatic N) is 3. The third-order valence-electron chi connectivity index (χ3n) is 1.61. The number of rotatable bonds is 1. The van der Waals surface area contributed by atoms with Gasteiger partial charge in [-0.1, -0.05) is 0 Å². The van der Waals surface area contributed by atoms with Gasteiger partial charge in [0.25, 0.3) is 0 Å². The highest BCUT2D eigenvalue weighted by atomic mass is 15.2. The summed E-state index contributed by atoms with van der Waals surface area (Å²) in [6, 6.07) is 3.47. The molecule has 2 aromatic heterocycles. The first-order valence-corrected chi connectivity index (χ1v) is 3.41. The Hall–Kier alpha value is -1.91. The van der Waals surface area contributed by atoms with Crippen LogP contribution in [0.25, 0.3) is 5.65 Å². The first-order chi connectivity index (χ1) is 5.77. The average Bonchev–Trinajstić information content (AvgIpc) is 2.49. The molecule has 0 radical (unpaired) electrons. The monoisotopic (exact) mass is 161 g/mol. The molecule has 2 aromatic rings. The summed E-state index contributed by atoms with van der Waals surface area (Å²) in [5.74, 6) is 0.0421. The molecular weight excluding hydrogens is 154 g/mol. The molecule has 0 atom stereocenters. The predicted molar refractivity (Wildman–Crippen MR) is 44.0 cm³/mol. The Bertz CT molecular complexity index is 430. The van der Waals surface area contributed by atoms with E-state index in [4.69, 9.17) is 11.1 Å². The van der Waals surface area contributed by atoms with Gasteiger partial charge in [0.1, 0.15) is 12.2 Å². The fraction of sp³-hybridized carbons (Fsp3) is 0. The molecule has 0 spiro atoms. The number of nitrogens with two attached hydrogens (primary N) is 1. The Morgan fingerprint density at radius 2 is 2.42 bits per heavy atom. The van der Waals surface area contributed by atoms with Crippen molar-refractivity contribution in [3.63, 3.8) is 0 Å². The normalized spacial score (nSPS) is 10.3. The zero-order chi connectivity index (χ0) is 8.55. The zero-order valence-corrected chi connectivity index (χ0v) is 6.23. The van der Waals surface area contributed by atoms with E-state index in [1.807, 2.05) is 0 Å². The topological polar surface area (TPSA) is 80.1 Å². The third kappa shape index (κ3) is 0.914. The maximum atomic E-state index is 7.18. The van der Waals surface area contributed by atoms with E-state index in [0.29, 0.717) is 11.2 Å². The molecule has 0 saturated heterocycles. The number of aromatic nitrogens is 3. The van der Waals surface area contributed by atoms with Gasteiger partial charge < -0.3 is 5.73 Å². The first kappa shape index (κ1) is 6.78. The second-order valence-corrected chi connectivity index (χ2v) is 2.43. The molecule has 0 aliphatic carbocycles. The largest absolute Gasteiger partial charge is 0.384 e. The first-order valence-electron chi connectivity index (χ1n) is 3.41. The van der Waals surface area contributed by atoms with E-state index < -0.39 is 0 Å². The quantitative estimate of drug-likeness (QED) is 0.456. The van der Waals surface area contributed by atoms with Crippen molar-refractivity contribution in [2.45, 2.75) is 0 Å². The lowest BCUT2D eigenvalue weighted by Crippen LogP contribution is -2.11. The molecule has 0 saturated carbocycles. The molecule has 5 nitrogen and oxygen atoms in total. The third-order valence-corrected chi connectivity index (χ3v) is 1.61. The standard InChI is InChI=1S/C7H7N5/c8-7(9)5-1-2-12-4-10-11-6(12)3-5/h1-4H,(H3,8,9). The number of pyridine rings is 1. The molecule has 0 bridgehead atoms. The van der Waals surface area contributed by atoms with Crippen molar-refractivity contribution in [3.05, 3.63) is 30.2 Å². The van der Waals surface area contributed by atoms with Gasteiger partial charge >= 0.3 is 0 Å². The van der Waals surface area contributed by atoms with Gasteiger partial charge in [-0.15, -0.1) is 10.2 Å². The Morgan fingerprint density at radius 1 is 1.58 bits per heavy atom. The van der Waals surface area contributed by atoms with E-state index in [9.17, 15) is 0 Å². The van der Waals surface area contributed by atoms with Gasteiger partial charge in [-0.25, -0.2) is 0 Å². The number of nitrogen functional groups attached to an aromatic ring is 1. The number of hydrogen-bond donors (Lipinski definition) is 2. The Morgan fingerprint density at radius 3 is 3.17 bits per heavy atom. The highest BCUT2D eigenvalue weighted by Gasteiger charge is 1.98. The maximum absolute atomic E-state index is 7.18. The van der Waals surface area contributed by atoms with Gasteiger partial charge in [-0.05, 0) is 12.1 Å². The van der Waals surface area contributed by atoms with Crippen LogP contribution in [0, 0.1) is 5.41 Å². The fourth-order valence-electron chi connectivity index (χ4n) is 0.985. The maximum Gasteiger partial charge on any atom is 0.161 e. The second kappa shape index (κ2) is 2.30. The molecule has 2 heterocycles. The van der Waals surface area contributed by atoms with E-state index in [-0.39, 0.29) is 5.84 Å². The smallest absolute Gasteiger partial charge is 0.161 e. The lowest BCUT2D eigenvalue weighted by molar-refractivity contribution is 1.10. The summed E-state index contributed by atoms with van der Waals surface area (Å²) in [6.45, 7) is 0. The van der Waals surface area contributed by atoms with Crippen molar-refractivity contribution < 1.29 is 0 Å². The van der Waals surface area contributed by atoms with Gasteiger partial charge in [0.05, 0.1) is 0 Å². The minimum Gasteiger partial charge on any atom is -0.384 e. The van der Waals surface area contributed by atoms with Gasteiger partial charge in [-0.2, -0.15) is 0 Å². The molecule has 0 aliphatic rings. The number of amidine groups is 1. The summed E-state index contributed by atoms with van der Waals surface area (Å²) < 4.78 is 1.76. The highest BCUT2D eigenvalue weighted by molar-refractivity contribution is 5.95. The lowest BCUT2D eigenvalue weighted by atomic mass is 10.2. The summed E-state index contributed by atoms with van der Waals surface area (Å²) >= 11 is 0. The van der Waals surface area contributed by atoms with Crippen LogP contribution in [0.15, 0.2) is 24.7 Å². The van der Waals surface area contributed by atoms with Gasteiger partial charge in [0, 0.05) is 11.8 Å². The highest BCUT2D eigenvalue weighted by Crippen LogP contribution is 2.02. The molecule has 12 heavy (non-hydrogen) atoms. The van der Waals surface area contributed by atoms with Crippen LogP contribution in [-0.4, -0.2) is 20.4 Å². The summed E-state index contributed by atoms with van der Waals surface area (Å²) in [4.78, 5) is 0. The molecule has 3 N–H and O–H groups in total. The van der Waals surface area contributed by atoms with Crippen LogP contribution in [0.3, 0.4) is 0 Å². The number of hydrogen-bond acceptors (Lipinski definition) is 3. The summed E-state index contributed by atoms with van der Waals surface area (Å²) in [5, 5.41) is 14.7. The fourth-order valence-corrected chi connectivity index (χ4v) is 0.985. The van der Waals surface area contributed by atoms with Crippen molar-refractivity contribution in [2.75, 3.05) is 0 Å². The number of fused-ring (bicyclic) bond motifs is 1. The molecule has 60 valence electrons. The van der Waals surface area contributed by atoms with Crippen LogP contribution >= 0.6 is 0 Å². The lowest BCUT2D eigenvalue weighted by Gasteiger charge is -1.96. The average molecular weight is 161 g/mol. The van der Waals surface area contributed by atoms with E-state index >= 15 is 0 Å². The van der Waals surface area contributed by atoms with Crippen LogP contribution in [-0.2, 0) is 0 Å². The Balaban J connectivity index is 2.68. The van der Waals surface area contributed by atoms with Gasteiger partial charge in [0.2, 0.25) is 0 Å². The van der Waals surface area contributed by atoms with E-state index in [1.165, 1.54) is 0 Å². The molecule has 0 amide bonds. The van der Waals surface area contributed by atoms with Crippen LogP contribution < -0.4 is 5.73 Å². The summed E-state index contributed by atoms with van der Waals surface area (Å²) in [6.07, 6.45) is 3.37. The summed E-state index contributed by atoms with van der Waals surface area (Å²) in [7, 11) is 0. The minimum absolute atomic E-state index is 0.0421. The predicted octanol–water partition coefficient (Wildman–Crippen LogP) is 0.0134. The van der Waals surface area contributed by atoms with Gasteiger partial charge in [0.15, 0.2) is 5.65 Å². The van der Waals surface area contributed by atoms with Crippen molar-refractivity contribution in [3.8, 4) is 0 Å². The second-order valence-electron chi connectivity index (χ2n) is 2.43. The zero-order valence-electron chi connectivity index (χ0n) is 6.23. The molecule has 2 rings (SSSR count). The Kier molecular flexibility index (Phi) is 1.30. The molecule has 0 aliphatic heterocycles. The van der Waals surface area contributed by atoms with E-state index in [1.54, 1.807) is 29.1 Å². The molecule has 0 unspecified atom stereocenters. The summed E-state index contributed by atoms with van der Waals surface area (Å²) in [5.41, 5.74) is 6.66. The van der Waals surface area contributed by atoms with Crippen molar-refractivity contribution in [2.24, 2.45) is 5.73 Å².